The van der Waals surface area contributed by atoms with E-state index in [1.807, 2.05) is 0 Å². The van der Waals surface area contributed by atoms with E-state index in [1.54, 1.807) is 0 Å². The molecular formula is C16H32N2. The van der Waals surface area contributed by atoms with Crippen LogP contribution in [-0.2, 0) is 0 Å². The Morgan fingerprint density at radius 1 is 1.17 bits per heavy atom. The highest BCUT2D eigenvalue weighted by Gasteiger charge is 2.42. The third-order valence-electron chi connectivity index (χ3n) is 5.27. The smallest absolute Gasteiger partial charge is 0.0114 e. The predicted octanol–water partition coefficient (Wildman–Crippen LogP) is 3.28. The summed E-state index contributed by atoms with van der Waals surface area (Å²) in [4.78, 5) is 2.79. The van der Waals surface area contributed by atoms with Gasteiger partial charge in [-0.25, -0.2) is 0 Å². The molecule has 2 heterocycles. The van der Waals surface area contributed by atoms with Gasteiger partial charge < -0.3 is 5.32 Å². The van der Waals surface area contributed by atoms with Crippen LogP contribution in [-0.4, -0.2) is 36.6 Å². The van der Waals surface area contributed by atoms with Gasteiger partial charge in [0.25, 0.3) is 0 Å². The van der Waals surface area contributed by atoms with Gasteiger partial charge in [0.1, 0.15) is 0 Å². The zero-order valence-electron chi connectivity index (χ0n) is 12.6. The Balaban J connectivity index is 1.68. The second-order valence-electron chi connectivity index (χ2n) is 6.57. The molecule has 4 unspecified atom stereocenters. The fraction of sp³-hybridized carbons (Fsp3) is 1.00. The van der Waals surface area contributed by atoms with Crippen LogP contribution in [0.2, 0.25) is 0 Å². The van der Waals surface area contributed by atoms with Crippen molar-refractivity contribution in [3.05, 3.63) is 0 Å². The molecule has 0 amide bonds. The Morgan fingerprint density at radius 2 is 1.94 bits per heavy atom. The lowest BCUT2D eigenvalue weighted by molar-refractivity contribution is 0.170. The maximum absolute atomic E-state index is 3.55. The number of fused-ring (bicyclic) bond motifs is 1. The Kier molecular flexibility index (Phi) is 5.50. The number of hydrogen-bond donors (Lipinski definition) is 1. The van der Waals surface area contributed by atoms with E-state index in [4.69, 9.17) is 0 Å². The topological polar surface area (TPSA) is 15.3 Å². The lowest BCUT2D eigenvalue weighted by Crippen LogP contribution is -2.39. The molecule has 0 aliphatic carbocycles. The average Bonchev–Trinajstić information content (AvgIpc) is 2.92. The third kappa shape index (κ3) is 3.27. The van der Waals surface area contributed by atoms with Crippen molar-refractivity contribution in [3.8, 4) is 0 Å². The summed E-state index contributed by atoms with van der Waals surface area (Å²) in [6.07, 6.45) is 8.49. The van der Waals surface area contributed by atoms with E-state index < -0.39 is 0 Å². The van der Waals surface area contributed by atoms with Crippen LogP contribution in [0.15, 0.2) is 0 Å². The molecule has 0 aromatic carbocycles. The first-order valence-corrected chi connectivity index (χ1v) is 8.20. The van der Waals surface area contributed by atoms with E-state index in [0.29, 0.717) is 0 Å². The number of rotatable bonds is 7. The Morgan fingerprint density at radius 3 is 2.67 bits per heavy atom. The van der Waals surface area contributed by atoms with Gasteiger partial charge in [-0.2, -0.15) is 0 Å². The summed E-state index contributed by atoms with van der Waals surface area (Å²) in [5.74, 6) is 1.86. The molecule has 2 nitrogen and oxygen atoms in total. The Bertz CT molecular complexity index is 241. The minimum absolute atomic E-state index is 0.798. The molecule has 4 atom stereocenters. The second-order valence-corrected chi connectivity index (χ2v) is 6.57. The van der Waals surface area contributed by atoms with Crippen molar-refractivity contribution in [2.24, 2.45) is 11.8 Å². The molecule has 106 valence electrons. The van der Waals surface area contributed by atoms with Gasteiger partial charge in [-0.3, -0.25) is 4.90 Å². The molecular weight excluding hydrogens is 220 g/mol. The summed E-state index contributed by atoms with van der Waals surface area (Å²) in [5, 5.41) is 3.55. The Hall–Kier alpha value is -0.0800. The number of nitrogens with zero attached hydrogens (tertiary/aromatic N) is 1. The van der Waals surface area contributed by atoms with E-state index in [9.17, 15) is 0 Å². The number of hydrogen-bond acceptors (Lipinski definition) is 2. The number of unbranched alkanes of at least 4 members (excludes halogenated alkanes) is 4. The number of likely N-dealkylation sites (tertiary alicyclic amines) is 1. The van der Waals surface area contributed by atoms with Crippen molar-refractivity contribution in [1.82, 2.24) is 10.2 Å². The highest BCUT2D eigenvalue weighted by molar-refractivity contribution is 4.97. The summed E-state index contributed by atoms with van der Waals surface area (Å²) < 4.78 is 0. The van der Waals surface area contributed by atoms with Crippen molar-refractivity contribution >= 4 is 0 Å². The number of nitrogens with one attached hydrogen (secondary N) is 1. The molecule has 2 fully saturated rings. The van der Waals surface area contributed by atoms with Gasteiger partial charge in [-0.1, -0.05) is 39.0 Å². The van der Waals surface area contributed by atoms with Crippen molar-refractivity contribution in [2.45, 2.75) is 71.4 Å². The summed E-state index contributed by atoms with van der Waals surface area (Å²) >= 11 is 0. The fourth-order valence-corrected chi connectivity index (χ4v) is 3.99. The first kappa shape index (κ1) is 14.3. The van der Waals surface area contributed by atoms with E-state index in [-0.39, 0.29) is 0 Å². The maximum Gasteiger partial charge on any atom is 0.0114 e. The minimum atomic E-state index is 0.798. The van der Waals surface area contributed by atoms with Gasteiger partial charge in [-0.05, 0) is 45.2 Å². The minimum Gasteiger partial charge on any atom is -0.316 e. The molecule has 1 N–H and O–H groups in total. The maximum atomic E-state index is 3.55. The van der Waals surface area contributed by atoms with Crippen LogP contribution in [0, 0.1) is 11.8 Å². The van der Waals surface area contributed by atoms with Crippen molar-refractivity contribution < 1.29 is 0 Å². The van der Waals surface area contributed by atoms with E-state index in [2.05, 4.69) is 31.0 Å². The SMILES string of the molecule is CCCCCCCC(C)N1CC2CNCC2C1C. The van der Waals surface area contributed by atoms with E-state index in [0.717, 1.165) is 23.9 Å². The van der Waals surface area contributed by atoms with Gasteiger partial charge >= 0.3 is 0 Å². The van der Waals surface area contributed by atoms with E-state index >= 15 is 0 Å². The zero-order chi connectivity index (χ0) is 13.0. The van der Waals surface area contributed by atoms with Crippen LogP contribution >= 0.6 is 0 Å². The molecule has 0 radical (unpaired) electrons. The third-order valence-corrected chi connectivity index (χ3v) is 5.27. The molecule has 2 aliphatic heterocycles. The lowest BCUT2D eigenvalue weighted by Gasteiger charge is -2.30. The molecule has 2 aliphatic rings. The van der Waals surface area contributed by atoms with Crippen LogP contribution in [0.25, 0.3) is 0 Å². The van der Waals surface area contributed by atoms with Crippen molar-refractivity contribution in [2.75, 3.05) is 19.6 Å². The molecule has 0 bridgehead atoms. The molecule has 2 saturated heterocycles. The van der Waals surface area contributed by atoms with Gasteiger partial charge in [0, 0.05) is 18.6 Å². The van der Waals surface area contributed by atoms with Crippen molar-refractivity contribution in [1.29, 1.82) is 0 Å². The lowest BCUT2D eigenvalue weighted by atomic mass is 9.95. The van der Waals surface area contributed by atoms with Crippen LogP contribution in [0.3, 0.4) is 0 Å². The first-order valence-electron chi connectivity index (χ1n) is 8.20. The fourth-order valence-electron chi connectivity index (χ4n) is 3.99. The highest BCUT2D eigenvalue weighted by Crippen LogP contribution is 2.34. The van der Waals surface area contributed by atoms with Gasteiger partial charge in [0.2, 0.25) is 0 Å². The summed E-state index contributed by atoms with van der Waals surface area (Å²) in [5.41, 5.74) is 0. The van der Waals surface area contributed by atoms with Gasteiger partial charge in [-0.15, -0.1) is 0 Å². The molecule has 0 spiro atoms. The summed E-state index contributed by atoms with van der Waals surface area (Å²) in [6, 6.07) is 1.60. The van der Waals surface area contributed by atoms with Gasteiger partial charge in [0.05, 0.1) is 0 Å². The molecule has 0 aromatic rings. The largest absolute Gasteiger partial charge is 0.316 e. The summed E-state index contributed by atoms with van der Waals surface area (Å²) in [6.45, 7) is 11.0. The van der Waals surface area contributed by atoms with Crippen LogP contribution in [0.4, 0.5) is 0 Å². The van der Waals surface area contributed by atoms with Crippen molar-refractivity contribution in [3.63, 3.8) is 0 Å². The predicted molar refractivity (Wildman–Crippen MR) is 78.9 cm³/mol. The van der Waals surface area contributed by atoms with Crippen LogP contribution in [0.1, 0.15) is 59.3 Å². The van der Waals surface area contributed by atoms with E-state index in [1.165, 1.54) is 58.2 Å². The Labute approximate surface area is 114 Å². The van der Waals surface area contributed by atoms with Gasteiger partial charge in [0.15, 0.2) is 0 Å². The normalized spacial score (nSPS) is 33.8. The van der Waals surface area contributed by atoms with Crippen LogP contribution in [0.5, 0.6) is 0 Å². The second kappa shape index (κ2) is 6.91. The summed E-state index contributed by atoms with van der Waals surface area (Å²) in [7, 11) is 0. The molecule has 0 saturated carbocycles. The molecule has 18 heavy (non-hydrogen) atoms. The highest BCUT2D eigenvalue weighted by atomic mass is 15.2. The first-order chi connectivity index (χ1) is 8.74. The molecule has 2 rings (SSSR count). The van der Waals surface area contributed by atoms with Crippen LogP contribution < -0.4 is 5.32 Å². The standard InChI is InChI=1S/C16H32N2/c1-4-5-6-7-8-9-13(2)18-12-15-10-17-11-16(15)14(18)3/h13-17H,4-12H2,1-3H3. The zero-order valence-corrected chi connectivity index (χ0v) is 12.6. The molecule has 0 aromatic heterocycles. The monoisotopic (exact) mass is 252 g/mol. The quantitative estimate of drug-likeness (QED) is 0.700. The molecule has 2 heteroatoms. The average molecular weight is 252 g/mol.